The SMILES string of the molecule is Cc1ccc(-n2nc(C)c(Cl)c2C)c(CO)c1. The van der Waals surface area contributed by atoms with Crippen LogP contribution in [0.3, 0.4) is 0 Å². The Kier molecular flexibility index (Phi) is 3.22. The van der Waals surface area contributed by atoms with Gasteiger partial charge in [0.2, 0.25) is 0 Å². The van der Waals surface area contributed by atoms with Gasteiger partial charge >= 0.3 is 0 Å². The van der Waals surface area contributed by atoms with Crippen LogP contribution in [0.5, 0.6) is 0 Å². The van der Waals surface area contributed by atoms with Crippen LogP contribution >= 0.6 is 11.6 Å². The van der Waals surface area contributed by atoms with Crippen LogP contribution in [0.4, 0.5) is 0 Å². The Morgan fingerprint density at radius 3 is 2.53 bits per heavy atom. The summed E-state index contributed by atoms with van der Waals surface area (Å²) in [6.07, 6.45) is 0. The van der Waals surface area contributed by atoms with Crippen LogP contribution in [-0.4, -0.2) is 14.9 Å². The number of aliphatic hydroxyl groups excluding tert-OH is 1. The molecule has 0 aliphatic carbocycles. The maximum absolute atomic E-state index is 9.40. The number of hydrogen-bond acceptors (Lipinski definition) is 2. The first-order chi connectivity index (χ1) is 8.04. The third-order valence-corrected chi connectivity index (χ3v) is 3.38. The fraction of sp³-hybridized carbons (Fsp3) is 0.308. The van der Waals surface area contributed by atoms with Crippen molar-refractivity contribution < 1.29 is 5.11 Å². The second kappa shape index (κ2) is 4.51. The van der Waals surface area contributed by atoms with Gasteiger partial charge in [0.1, 0.15) is 0 Å². The summed E-state index contributed by atoms with van der Waals surface area (Å²) in [6.45, 7) is 5.78. The van der Waals surface area contributed by atoms with Gasteiger partial charge in [-0.1, -0.05) is 29.3 Å². The molecular weight excluding hydrogens is 236 g/mol. The van der Waals surface area contributed by atoms with E-state index >= 15 is 0 Å². The van der Waals surface area contributed by atoms with Crippen LogP contribution in [0.1, 0.15) is 22.5 Å². The van der Waals surface area contributed by atoms with Crippen molar-refractivity contribution in [3.63, 3.8) is 0 Å². The molecular formula is C13H15ClN2O. The molecule has 0 aliphatic rings. The minimum absolute atomic E-state index is 0.00696. The molecule has 4 heteroatoms. The monoisotopic (exact) mass is 250 g/mol. The second-order valence-corrected chi connectivity index (χ2v) is 4.56. The highest BCUT2D eigenvalue weighted by Crippen LogP contribution is 2.24. The third-order valence-electron chi connectivity index (χ3n) is 2.84. The lowest BCUT2D eigenvalue weighted by atomic mass is 10.1. The Bertz CT molecular complexity index is 561. The van der Waals surface area contributed by atoms with E-state index in [1.165, 1.54) is 0 Å². The van der Waals surface area contributed by atoms with Crippen molar-refractivity contribution in [3.8, 4) is 5.69 Å². The molecule has 0 saturated heterocycles. The first-order valence-electron chi connectivity index (χ1n) is 5.47. The topological polar surface area (TPSA) is 38.0 Å². The van der Waals surface area contributed by atoms with Gasteiger partial charge in [-0.05, 0) is 26.8 Å². The van der Waals surface area contributed by atoms with Crippen LogP contribution in [0, 0.1) is 20.8 Å². The van der Waals surface area contributed by atoms with E-state index in [4.69, 9.17) is 11.6 Å². The highest BCUT2D eigenvalue weighted by molar-refractivity contribution is 6.31. The molecule has 0 radical (unpaired) electrons. The lowest BCUT2D eigenvalue weighted by molar-refractivity contribution is 0.281. The van der Waals surface area contributed by atoms with Gasteiger partial charge < -0.3 is 5.11 Å². The zero-order valence-electron chi connectivity index (χ0n) is 10.2. The van der Waals surface area contributed by atoms with Gasteiger partial charge in [0.25, 0.3) is 0 Å². The van der Waals surface area contributed by atoms with E-state index in [-0.39, 0.29) is 6.61 Å². The average Bonchev–Trinajstić information content (AvgIpc) is 2.57. The minimum atomic E-state index is -0.00696. The molecule has 3 nitrogen and oxygen atoms in total. The summed E-state index contributed by atoms with van der Waals surface area (Å²) in [5, 5.41) is 14.5. The van der Waals surface area contributed by atoms with Gasteiger partial charge in [0.15, 0.2) is 0 Å². The molecule has 1 aromatic carbocycles. The summed E-state index contributed by atoms with van der Waals surface area (Å²) in [5.41, 5.74) is 4.54. The molecule has 0 unspecified atom stereocenters. The number of rotatable bonds is 2. The van der Waals surface area contributed by atoms with Crippen LogP contribution in [-0.2, 0) is 6.61 Å². The predicted octanol–water partition coefficient (Wildman–Crippen LogP) is 2.94. The maximum Gasteiger partial charge on any atom is 0.0848 e. The average molecular weight is 251 g/mol. The Labute approximate surface area is 106 Å². The molecule has 17 heavy (non-hydrogen) atoms. The lowest BCUT2D eigenvalue weighted by Crippen LogP contribution is -2.04. The van der Waals surface area contributed by atoms with Gasteiger partial charge in [0, 0.05) is 5.56 Å². The van der Waals surface area contributed by atoms with Gasteiger partial charge in [0.05, 0.1) is 28.7 Å². The standard InChI is InChI=1S/C13H15ClN2O/c1-8-4-5-12(11(6-8)7-17)16-10(3)13(14)9(2)15-16/h4-6,17H,7H2,1-3H3. The molecule has 0 bridgehead atoms. The number of halogens is 1. The number of aryl methyl sites for hydroxylation is 2. The Hall–Kier alpha value is -1.32. The van der Waals surface area contributed by atoms with E-state index in [9.17, 15) is 5.11 Å². The molecule has 2 aromatic rings. The Morgan fingerprint density at radius 1 is 1.29 bits per heavy atom. The minimum Gasteiger partial charge on any atom is -0.392 e. The predicted molar refractivity (Wildman–Crippen MR) is 68.7 cm³/mol. The van der Waals surface area contributed by atoms with Crippen molar-refractivity contribution in [2.75, 3.05) is 0 Å². The molecule has 90 valence electrons. The lowest BCUT2D eigenvalue weighted by Gasteiger charge is -2.10. The molecule has 1 heterocycles. The van der Waals surface area contributed by atoms with Crippen LogP contribution < -0.4 is 0 Å². The summed E-state index contributed by atoms with van der Waals surface area (Å²) in [6, 6.07) is 5.91. The van der Waals surface area contributed by atoms with E-state index in [0.717, 1.165) is 28.2 Å². The van der Waals surface area contributed by atoms with Gasteiger partial charge in [-0.2, -0.15) is 5.10 Å². The number of aliphatic hydroxyl groups is 1. The van der Waals surface area contributed by atoms with Crippen molar-refractivity contribution in [1.29, 1.82) is 0 Å². The zero-order valence-corrected chi connectivity index (χ0v) is 10.9. The number of hydrogen-bond donors (Lipinski definition) is 1. The normalized spacial score (nSPS) is 10.9. The van der Waals surface area contributed by atoms with E-state index in [1.54, 1.807) is 4.68 Å². The second-order valence-electron chi connectivity index (χ2n) is 4.19. The molecule has 0 saturated carbocycles. The van der Waals surface area contributed by atoms with E-state index in [1.807, 2.05) is 39.0 Å². The van der Waals surface area contributed by atoms with Crippen molar-refractivity contribution in [3.05, 3.63) is 45.7 Å². The number of benzene rings is 1. The molecule has 1 N–H and O–H groups in total. The zero-order chi connectivity index (χ0) is 12.6. The number of aromatic nitrogens is 2. The smallest absolute Gasteiger partial charge is 0.0848 e. The third kappa shape index (κ3) is 2.08. The molecule has 0 atom stereocenters. The molecule has 0 spiro atoms. The molecule has 1 aromatic heterocycles. The van der Waals surface area contributed by atoms with Crippen molar-refractivity contribution in [2.45, 2.75) is 27.4 Å². The van der Waals surface area contributed by atoms with Gasteiger partial charge in [-0.3, -0.25) is 0 Å². The van der Waals surface area contributed by atoms with Crippen molar-refractivity contribution in [1.82, 2.24) is 9.78 Å². The highest BCUT2D eigenvalue weighted by Gasteiger charge is 2.13. The summed E-state index contributed by atoms with van der Waals surface area (Å²) >= 11 is 6.13. The molecule has 0 aliphatic heterocycles. The number of nitrogens with zero attached hydrogens (tertiary/aromatic N) is 2. The molecule has 0 fully saturated rings. The largest absolute Gasteiger partial charge is 0.392 e. The fourth-order valence-corrected chi connectivity index (χ4v) is 2.02. The Balaban J connectivity index is 2.64. The Morgan fingerprint density at radius 2 is 2.00 bits per heavy atom. The van der Waals surface area contributed by atoms with E-state index < -0.39 is 0 Å². The van der Waals surface area contributed by atoms with Crippen LogP contribution in [0.15, 0.2) is 18.2 Å². The van der Waals surface area contributed by atoms with Crippen LogP contribution in [0.25, 0.3) is 5.69 Å². The summed E-state index contributed by atoms with van der Waals surface area (Å²) < 4.78 is 1.78. The van der Waals surface area contributed by atoms with Gasteiger partial charge in [-0.15, -0.1) is 0 Å². The first kappa shape index (κ1) is 12.1. The fourth-order valence-electron chi connectivity index (χ4n) is 1.91. The van der Waals surface area contributed by atoms with Crippen molar-refractivity contribution in [2.24, 2.45) is 0 Å². The first-order valence-corrected chi connectivity index (χ1v) is 5.85. The quantitative estimate of drug-likeness (QED) is 0.890. The van der Waals surface area contributed by atoms with E-state index in [0.29, 0.717) is 5.02 Å². The summed E-state index contributed by atoms with van der Waals surface area (Å²) in [7, 11) is 0. The molecule has 2 rings (SSSR count). The highest BCUT2D eigenvalue weighted by atomic mass is 35.5. The summed E-state index contributed by atoms with van der Waals surface area (Å²) in [4.78, 5) is 0. The van der Waals surface area contributed by atoms with Crippen molar-refractivity contribution >= 4 is 11.6 Å². The van der Waals surface area contributed by atoms with Gasteiger partial charge in [-0.25, -0.2) is 4.68 Å². The molecule has 0 amide bonds. The summed E-state index contributed by atoms with van der Waals surface area (Å²) in [5.74, 6) is 0. The van der Waals surface area contributed by atoms with E-state index in [2.05, 4.69) is 5.10 Å². The maximum atomic E-state index is 9.40. The van der Waals surface area contributed by atoms with Crippen LogP contribution in [0.2, 0.25) is 5.02 Å².